The first-order chi connectivity index (χ1) is 61.1. The van der Waals surface area contributed by atoms with Gasteiger partial charge in [-0.1, -0.05) is 119 Å². The minimum absolute atomic E-state index is 0.0968. The molecule has 4 aliphatic rings. The molecule has 0 saturated carbocycles. The molecule has 2 spiro atoms. The Labute approximate surface area is 772 Å². The van der Waals surface area contributed by atoms with Crippen LogP contribution in [0.2, 0.25) is 20.1 Å². The number of rotatable bonds is 20. The maximum Gasteiger partial charge on any atom is 0.573 e. The van der Waals surface area contributed by atoms with E-state index < -0.39 is 124 Å². The Hall–Kier alpha value is -9.63. The molecule has 6 heterocycles. The number of aromatic nitrogens is 2. The SMILES string of the molecule is CC(=O)C(Cl)c1ccc(OC(F)(F)F)cc1.CC(=O)C(O)c1ccc(OC(F)(F)F)cc1.CC(=O)C(c1ccc(OC(F)(F)F)cc1)N1CCC2(CC1)OC(c1cc(Cl)cc(Cl)c1)c1cccnc12.CCOC(=O)C=O.O=C(O)C(c1ccc(OC(F)(F)F)cc1)N1CCC2(CC1)OC(c1cc(Cl)cc(Cl)c1)c1cccnc12.O=S(Cl)Cl.OB(O)c1ccc(OC(F)(F)F)cc1. The zero-order valence-electron chi connectivity index (χ0n) is 67.9. The average Bonchev–Trinajstić information content (AvgIpc) is 1.59. The van der Waals surface area contributed by atoms with Crippen LogP contribution in [0.5, 0.6) is 28.7 Å². The molecule has 2 fully saturated rings. The molecule has 0 bridgehead atoms. The molecule has 0 aliphatic carbocycles. The lowest BCUT2D eigenvalue weighted by molar-refractivity contribution is -0.275. The number of hydrogen-bond acceptors (Lipinski definition) is 22. The number of aliphatic hydroxyl groups is 1. The number of Topliss-reactive ketones (excluding diaryl/α,β-unsaturated/α-hetero) is 3. The number of carboxylic acid groups (broad SMARTS) is 1. The van der Waals surface area contributed by atoms with Gasteiger partial charge in [-0.05, 0) is 201 Å². The smallest absolute Gasteiger partial charge is 0.480 e. The van der Waals surface area contributed by atoms with Crippen LogP contribution in [0.4, 0.5) is 65.9 Å². The fraction of sp³-hybridized carbons (Fsp3) is 0.310. The number of carboxylic acids is 1. The van der Waals surface area contributed by atoms with E-state index in [1.54, 1.807) is 48.5 Å². The van der Waals surface area contributed by atoms with E-state index >= 15 is 0 Å². The Morgan fingerprint density at radius 1 is 0.489 bits per heavy atom. The topological polar surface area (TPSA) is 307 Å². The van der Waals surface area contributed by atoms with Gasteiger partial charge in [-0.15, -0.1) is 77.5 Å². The number of pyridine rings is 2. The maximum absolute atomic E-state index is 12.6. The molecule has 7 aromatic carbocycles. The van der Waals surface area contributed by atoms with Gasteiger partial charge in [0, 0.05) is 91.2 Å². The van der Waals surface area contributed by atoms with E-state index in [2.05, 4.69) is 59.8 Å². The Morgan fingerprint density at radius 3 is 1.05 bits per heavy atom. The standard InChI is InChI=1S/C27H23Cl2F3N2O3.C26H21Cl2F3N2O4.C10H8ClF3O2.C10H9F3O3.C7H6BF3O3.C4H6O3.Cl2OS/c1-16(35)23(17-4-6-21(7-5-17)36-27(30,31)32)34-11-8-26(9-12-34)25-22(3-2-10-33-25)24(37-26)18-13-19(28)15-20(29)14-18;27-17-12-16(13-18(28)14-17)22-20-2-1-9-32-23(20)25(37-22)7-10-33(11-8-25)21(24(34)35)15-3-5-19(6-4-15)36-26(29,30)31;1-6(15)9(11)7-2-4-8(5-3-7)16-10(12,13)14;1-6(14)9(15)7-2-4-8(5-3-7)16-10(11,12)13;9-7(10,11)14-6-3-1-5(2-4-6)8(12)13;1-2-7-4(6)3-5;1-4(2)3/h2-7,10,13-15,23-24H,8-9,11-12H2,1H3;1-6,9,12-14,21-22H,7-8,10-11H2,(H,34,35);2-5,9H,1H3;2-5,9,15H,1H3;1-4,12-13H;3H,2H2,1H3;. The molecule has 2 saturated heterocycles. The van der Waals surface area contributed by atoms with Gasteiger partial charge >= 0.3 is 50.9 Å². The number of aliphatic carboxylic acids is 1. The fourth-order valence-corrected chi connectivity index (χ4v) is 15.0. The van der Waals surface area contributed by atoms with Crippen molar-refractivity contribution in [2.45, 2.75) is 132 Å². The highest BCUT2D eigenvalue weighted by Gasteiger charge is 2.52. The van der Waals surface area contributed by atoms with Crippen molar-refractivity contribution in [3.8, 4) is 28.7 Å². The van der Waals surface area contributed by atoms with Crippen LogP contribution in [0.3, 0.4) is 0 Å². The Balaban J connectivity index is 0.000000230. The molecule has 706 valence electrons. The van der Waals surface area contributed by atoms with E-state index in [-0.39, 0.29) is 53.1 Å². The van der Waals surface area contributed by atoms with Crippen molar-refractivity contribution in [3.05, 3.63) is 270 Å². The van der Waals surface area contributed by atoms with Crippen LogP contribution < -0.4 is 29.1 Å². The van der Waals surface area contributed by atoms with Crippen LogP contribution in [-0.2, 0) is 63.4 Å². The van der Waals surface area contributed by atoms with Gasteiger partial charge in [0.25, 0.3) is 0 Å². The Kier molecular flexibility index (Phi) is 39.6. The minimum Gasteiger partial charge on any atom is -0.480 e. The van der Waals surface area contributed by atoms with Crippen molar-refractivity contribution in [2.24, 2.45) is 0 Å². The van der Waals surface area contributed by atoms with Crippen molar-refractivity contribution < 1.29 is 157 Å². The second-order valence-electron chi connectivity index (χ2n) is 28.1. The monoisotopic (exact) mass is 2010 g/mol. The van der Waals surface area contributed by atoms with Crippen LogP contribution in [-0.4, -0.2) is 152 Å². The number of esters is 1. The third kappa shape index (κ3) is 34.1. The number of nitrogens with zero attached hydrogens (tertiary/aromatic N) is 4. The quantitative estimate of drug-likeness (QED) is 0.0105. The number of carbonyl (C=O) groups excluding carboxylic acids is 5. The van der Waals surface area contributed by atoms with E-state index in [1.807, 2.05) is 41.3 Å². The number of hydrogen-bond donors (Lipinski definition) is 4. The second kappa shape index (κ2) is 47.8. The number of ketones is 3. The molecule has 6 atom stereocenters. The van der Waals surface area contributed by atoms with Gasteiger partial charge in [0.2, 0.25) is 15.5 Å². The number of fused-ring (bicyclic) bond motifs is 4. The summed E-state index contributed by atoms with van der Waals surface area (Å²) >= 11 is 30.7. The van der Waals surface area contributed by atoms with E-state index in [0.717, 1.165) is 94.3 Å². The number of piperidine rings is 2. The summed E-state index contributed by atoms with van der Waals surface area (Å²) in [7, 11) is 5.66. The Bertz CT molecular complexity index is 5020. The number of aldehydes is 1. The number of benzene rings is 7. The summed E-state index contributed by atoms with van der Waals surface area (Å²) in [4.78, 5) is 78.9. The number of aliphatic hydroxyl groups excluding tert-OH is 1. The molecule has 23 nitrogen and oxygen atoms in total. The fourth-order valence-electron chi connectivity index (χ4n) is 13.7. The van der Waals surface area contributed by atoms with Gasteiger partial charge < -0.3 is 58.2 Å². The number of halogens is 22. The molecule has 0 amide bonds. The van der Waals surface area contributed by atoms with Crippen LogP contribution in [0, 0.1) is 0 Å². The maximum atomic E-state index is 12.6. The molecule has 131 heavy (non-hydrogen) atoms. The summed E-state index contributed by atoms with van der Waals surface area (Å²) in [6, 6.07) is 40.6. The normalized spacial score (nSPS) is 16.4. The summed E-state index contributed by atoms with van der Waals surface area (Å²) in [5.41, 5.74) is 5.53. The van der Waals surface area contributed by atoms with E-state index in [0.29, 0.717) is 88.6 Å². The van der Waals surface area contributed by atoms with Crippen molar-refractivity contribution in [1.82, 2.24) is 19.8 Å². The lowest BCUT2D eigenvalue weighted by atomic mass is 9.80. The third-order valence-corrected chi connectivity index (χ3v) is 20.4. The highest BCUT2D eigenvalue weighted by molar-refractivity contribution is 8.26. The first-order valence-corrected chi connectivity index (χ1v) is 42.6. The van der Waals surface area contributed by atoms with Crippen molar-refractivity contribution in [1.29, 1.82) is 0 Å². The lowest BCUT2D eigenvalue weighted by Crippen LogP contribution is -2.46. The zero-order chi connectivity index (χ0) is 97.5. The van der Waals surface area contributed by atoms with Gasteiger partial charge in [0.1, 0.15) is 69.7 Å². The zero-order valence-corrected chi connectivity index (χ0v) is 74.0. The summed E-state index contributed by atoms with van der Waals surface area (Å²) in [5.74, 6) is -4.64. The van der Waals surface area contributed by atoms with Crippen LogP contribution in [0.15, 0.2) is 194 Å². The summed E-state index contributed by atoms with van der Waals surface area (Å²) in [6.45, 7) is 7.68. The predicted octanol–water partition coefficient (Wildman–Crippen LogP) is 20.3. The molecule has 6 unspecified atom stereocenters. The number of carbonyl (C=O) groups is 6. The van der Waals surface area contributed by atoms with Crippen molar-refractivity contribution in [2.75, 3.05) is 32.8 Å². The minimum atomic E-state index is -4.82. The average molecular weight is 2020 g/mol. The molecular weight excluding hydrogens is 1940 g/mol. The van der Waals surface area contributed by atoms with Crippen LogP contribution in [0.1, 0.15) is 145 Å². The number of alkyl halides is 16. The largest absolute Gasteiger partial charge is 0.573 e. The van der Waals surface area contributed by atoms with Crippen LogP contribution in [0.25, 0.3) is 0 Å². The van der Waals surface area contributed by atoms with Gasteiger partial charge in [0.05, 0.1) is 24.0 Å². The van der Waals surface area contributed by atoms with Gasteiger partial charge in [0.15, 0.2) is 17.3 Å². The molecule has 4 N–H and O–H groups in total. The number of likely N-dealkylation sites (tertiary alicyclic amines) is 2. The molecular formula is C84H73BCl7F15N4O19S. The van der Waals surface area contributed by atoms with Gasteiger partial charge in [-0.3, -0.25) is 43.7 Å². The van der Waals surface area contributed by atoms with Crippen molar-refractivity contribution >= 4 is 137 Å². The summed E-state index contributed by atoms with van der Waals surface area (Å²) in [5, 5.41) is 37.7. The summed E-state index contributed by atoms with van der Waals surface area (Å²) < 4.78 is 226. The number of ether oxygens (including phenoxy) is 8. The van der Waals surface area contributed by atoms with Gasteiger partial charge in [-0.2, -0.15) is 0 Å². The molecule has 47 heteroatoms. The Morgan fingerprint density at radius 2 is 0.786 bits per heavy atom. The third-order valence-electron chi connectivity index (χ3n) is 19.0. The molecule has 9 aromatic rings. The van der Waals surface area contributed by atoms with E-state index in [9.17, 15) is 105 Å². The van der Waals surface area contributed by atoms with Crippen molar-refractivity contribution in [3.63, 3.8) is 0 Å². The van der Waals surface area contributed by atoms with Crippen LogP contribution >= 0.6 is 79.4 Å². The first kappa shape index (κ1) is 108. The van der Waals surface area contributed by atoms with E-state index in [1.165, 1.54) is 81.4 Å². The predicted molar refractivity (Wildman–Crippen MR) is 449 cm³/mol. The highest BCUT2D eigenvalue weighted by atomic mass is 36.0. The van der Waals surface area contributed by atoms with Gasteiger partial charge in [-0.25, -0.2) is 9.00 Å². The molecule has 2 aromatic heterocycles. The second-order valence-corrected chi connectivity index (χ2v) is 32.8. The summed E-state index contributed by atoms with van der Waals surface area (Å²) in [6.07, 6.45) is -20.2. The first-order valence-electron chi connectivity index (χ1n) is 37.8. The molecule has 4 aliphatic heterocycles. The highest BCUT2D eigenvalue weighted by Crippen LogP contribution is 2.54. The van der Waals surface area contributed by atoms with E-state index in [4.69, 9.17) is 81.7 Å². The lowest BCUT2D eigenvalue weighted by Gasteiger charge is -2.41. The molecule has 0 radical (unpaired) electrons. The molecule has 13 rings (SSSR count).